The van der Waals surface area contributed by atoms with Crippen molar-refractivity contribution in [1.82, 2.24) is 9.21 Å². The fourth-order valence-corrected chi connectivity index (χ4v) is 4.84. The molecule has 2 aromatic carbocycles. The van der Waals surface area contributed by atoms with Gasteiger partial charge in [-0.1, -0.05) is 35.9 Å². The van der Waals surface area contributed by atoms with Gasteiger partial charge in [0, 0.05) is 42.8 Å². The molecule has 0 N–H and O–H groups in total. The Morgan fingerprint density at radius 3 is 2.04 bits per heavy atom. The van der Waals surface area contributed by atoms with Gasteiger partial charge >= 0.3 is 0 Å². The number of piperazine rings is 1. The normalized spacial score (nSPS) is 17.6. The van der Waals surface area contributed by atoms with Crippen molar-refractivity contribution in [2.24, 2.45) is 0 Å². The van der Waals surface area contributed by atoms with Gasteiger partial charge in [-0.3, -0.25) is 9.69 Å². The van der Waals surface area contributed by atoms with Crippen LogP contribution in [0.5, 0.6) is 0 Å². The highest BCUT2D eigenvalue weighted by Crippen LogP contribution is 2.25. The predicted octanol–water partition coefficient (Wildman–Crippen LogP) is 3.61. The maximum Gasteiger partial charge on any atom is 0.243 e. The molecular weight excluding hydrogens is 384 g/mol. The van der Waals surface area contributed by atoms with Gasteiger partial charge < -0.3 is 0 Å². The van der Waals surface area contributed by atoms with E-state index in [0.717, 1.165) is 5.56 Å². The van der Waals surface area contributed by atoms with E-state index in [4.69, 9.17) is 11.6 Å². The maximum absolute atomic E-state index is 12.9. The topological polar surface area (TPSA) is 57.7 Å². The lowest BCUT2D eigenvalue weighted by Crippen LogP contribution is -2.49. The number of benzene rings is 2. The number of hydrogen-bond acceptors (Lipinski definition) is 4. The molecule has 27 heavy (non-hydrogen) atoms. The quantitative estimate of drug-likeness (QED) is 0.712. The second-order valence-corrected chi connectivity index (χ2v) is 9.12. The van der Waals surface area contributed by atoms with Gasteiger partial charge in [0.15, 0.2) is 5.78 Å². The molecule has 0 saturated carbocycles. The van der Waals surface area contributed by atoms with E-state index in [1.165, 1.54) is 23.4 Å². The van der Waals surface area contributed by atoms with E-state index in [-0.39, 0.29) is 16.7 Å². The first-order valence-electron chi connectivity index (χ1n) is 8.90. The van der Waals surface area contributed by atoms with Gasteiger partial charge in [-0.05, 0) is 43.7 Å². The molecule has 5 nitrogen and oxygen atoms in total. The second-order valence-electron chi connectivity index (χ2n) is 6.75. The highest BCUT2D eigenvalue weighted by Gasteiger charge is 2.30. The van der Waals surface area contributed by atoms with E-state index in [2.05, 4.69) is 11.8 Å². The average Bonchev–Trinajstić information content (AvgIpc) is 2.68. The van der Waals surface area contributed by atoms with Gasteiger partial charge in [0.05, 0.1) is 4.90 Å². The molecule has 1 unspecified atom stereocenters. The first kappa shape index (κ1) is 20.0. The third-order valence-electron chi connectivity index (χ3n) is 5.07. The number of halogens is 1. The van der Waals surface area contributed by atoms with Gasteiger partial charge in [0.2, 0.25) is 10.0 Å². The van der Waals surface area contributed by atoms with E-state index in [1.54, 1.807) is 12.1 Å². The molecule has 1 aliphatic rings. The average molecular weight is 407 g/mol. The van der Waals surface area contributed by atoms with Crippen molar-refractivity contribution in [2.45, 2.75) is 24.8 Å². The molecule has 1 atom stereocenters. The van der Waals surface area contributed by atoms with Crippen LogP contribution in [0, 0.1) is 0 Å². The number of carbonyl (C=O) groups is 1. The first-order chi connectivity index (χ1) is 12.8. The Morgan fingerprint density at radius 2 is 1.52 bits per heavy atom. The van der Waals surface area contributed by atoms with E-state index >= 15 is 0 Å². The van der Waals surface area contributed by atoms with Crippen LogP contribution >= 0.6 is 11.6 Å². The van der Waals surface area contributed by atoms with Crippen molar-refractivity contribution in [3.8, 4) is 0 Å². The van der Waals surface area contributed by atoms with Crippen LogP contribution in [0.2, 0.25) is 5.02 Å². The van der Waals surface area contributed by atoms with Crippen LogP contribution in [0.1, 0.15) is 35.8 Å². The number of sulfonamides is 1. The molecule has 0 bridgehead atoms. The van der Waals surface area contributed by atoms with Crippen LogP contribution in [0.4, 0.5) is 0 Å². The summed E-state index contributed by atoms with van der Waals surface area (Å²) >= 11 is 5.95. The second kappa shape index (κ2) is 8.10. The molecule has 3 rings (SSSR count). The van der Waals surface area contributed by atoms with Gasteiger partial charge in [-0.15, -0.1) is 0 Å². The van der Waals surface area contributed by atoms with Crippen molar-refractivity contribution in [1.29, 1.82) is 0 Å². The van der Waals surface area contributed by atoms with E-state index < -0.39 is 10.0 Å². The zero-order chi connectivity index (χ0) is 19.6. The number of Topliss-reactive ketones (excluding diaryl/α,β-unsaturated/α-hetero) is 1. The highest BCUT2D eigenvalue weighted by molar-refractivity contribution is 7.89. The lowest BCUT2D eigenvalue weighted by molar-refractivity contribution is 0.101. The molecular formula is C20H23ClN2O3S. The van der Waals surface area contributed by atoms with E-state index in [9.17, 15) is 13.2 Å². The highest BCUT2D eigenvalue weighted by atomic mass is 35.5. The Hall–Kier alpha value is -1.73. The summed E-state index contributed by atoms with van der Waals surface area (Å²) in [6.07, 6.45) is 0. The summed E-state index contributed by atoms with van der Waals surface area (Å²) in [6.45, 7) is 5.78. The summed E-state index contributed by atoms with van der Waals surface area (Å²) in [6, 6.07) is 14.1. The molecule has 0 amide bonds. The Bertz CT molecular complexity index is 903. The lowest BCUT2D eigenvalue weighted by atomic mass is 10.1. The number of ketones is 1. The van der Waals surface area contributed by atoms with Gasteiger partial charge in [-0.25, -0.2) is 8.42 Å². The molecule has 0 aliphatic carbocycles. The molecule has 1 fully saturated rings. The molecule has 0 aromatic heterocycles. The molecule has 1 heterocycles. The van der Waals surface area contributed by atoms with Gasteiger partial charge in [0.1, 0.15) is 0 Å². The molecule has 7 heteroatoms. The summed E-state index contributed by atoms with van der Waals surface area (Å²) in [5.74, 6) is -0.0799. The van der Waals surface area contributed by atoms with Crippen molar-refractivity contribution >= 4 is 27.4 Å². The molecule has 0 spiro atoms. The van der Waals surface area contributed by atoms with E-state index in [0.29, 0.717) is 36.8 Å². The lowest BCUT2D eigenvalue weighted by Gasteiger charge is -2.37. The van der Waals surface area contributed by atoms with Crippen molar-refractivity contribution in [3.63, 3.8) is 0 Å². The number of carbonyl (C=O) groups excluding carboxylic acids is 1. The Labute approximate surface area is 165 Å². The molecule has 1 aliphatic heterocycles. The summed E-state index contributed by atoms with van der Waals surface area (Å²) in [5, 5.41) is 0.706. The summed E-state index contributed by atoms with van der Waals surface area (Å²) < 4.78 is 27.2. The molecule has 1 saturated heterocycles. The minimum atomic E-state index is -3.55. The number of hydrogen-bond donors (Lipinski definition) is 0. The smallest absolute Gasteiger partial charge is 0.243 e. The Kier molecular flexibility index (Phi) is 6.01. The third kappa shape index (κ3) is 4.41. The summed E-state index contributed by atoms with van der Waals surface area (Å²) in [5.41, 5.74) is 1.67. The summed E-state index contributed by atoms with van der Waals surface area (Å²) in [7, 11) is -3.55. The van der Waals surface area contributed by atoms with Gasteiger partial charge in [-0.2, -0.15) is 4.31 Å². The van der Waals surface area contributed by atoms with Crippen LogP contribution in [0.3, 0.4) is 0 Å². The van der Waals surface area contributed by atoms with Crippen LogP contribution in [-0.4, -0.2) is 49.6 Å². The molecule has 2 aromatic rings. The van der Waals surface area contributed by atoms with Gasteiger partial charge in [0.25, 0.3) is 0 Å². The Balaban J connectivity index is 1.67. The van der Waals surface area contributed by atoms with Crippen molar-refractivity contribution < 1.29 is 13.2 Å². The first-order valence-corrected chi connectivity index (χ1v) is 10.7. The van der Waals surface area contributed by atoms with Crippen LogP contribution in [0.25, 0.3) is 0 Å². The molecule has 0 radical (unpaired) electrons. The predicted molar refractivity (Wildman–Crippen MR) is 107 cm³/mol. The fourth-order valence-electron chi connectivity index (χ4n) is 3.29. The van der Waals surface area contributed by atoms with E-state index in [1.807, 2.05) is 24.3 Å². The van der Waals surface area contributed by atoms with Crippen LogP contribution in [0.15, 0.2) is 53.4 Å². The SMILES string of the molecule is CC(=O)c1ccc(S(=O)(=O)N2CCN(C(C)c3ccc(Cl)cc3)CC2)cc1. The molecule has 144 valence electrons. The monoisotopic (exact) mass is 406 g/mol. The van der Waals surface area contributed by atoms with Crippen LogP contribution < -0.4 is 0 Å². The van der Waals surface area contributed by atoms with Crippen LogP contribution in [-0.2, 0) is 10.0 Å². The Morgan fingerprint density at radius 1 is 0.963 bits per heavy atom. The third-order valence-corrected chi connectivity index (χ3v) is 7.24. The zero-order valence-corrected chi connectivity index (χ0v) is 17.0. The maximum atomic E-state index is 12.9. The standard InChI is InChI=1S/C20H23ClN2O3S/c1-15(17-3-7-19(21)8-4-17)22-11-13-23(14-12-22)27(25,26)20-9-5-18(6-10-20)16(2)24/h3-10,15H,11-14H2,1-2H3. The zero-order valence-electron chi connectivity index (χ0n) is 15.4. The van der Waals surface area contributed by atoms with Crippen molar-refractivity contribution in [2.75, 3.05) is 26.2 Å². The minimum Gasteiger partial charge on any atom is -0.295 e. The summed E-state index contributed by atoms with van der Waals surface area (Å²) in [4.78, 5) is 13.9. The number of rotatable bonds is 5. The minimum absolute atomic E-state index is 0.0799. The van der Waals surface area contributed by atoms with Crippen molar-refractivity contribution in [3.05, 3.63) is 64.7 Å². The number of nitrogens with zero attached hydrogens (tertiary/aromatic N) is 2. The fraction of sp³-hybridized carbons (Fsp3) is 0.350. The largest absolute Gasteiger partial charge is 0.295 e.